The number of fused-ring (bicyclic) bond motifs is 2. The summed E-state index contributed by atoms with van der Waals surface area (Å²) in [5.41, 5.74) is 11.6. The van der Waals surface area contributed by atoms with Crippen LogP contribution in [0.1, 0.15) is 65.4 Å². The van der Waals surface area contributed by atoms with Crippen LogP contribution in [0.3, 0.4) is 0 Å². The molecule has 0 bridgehead atoms. The van der Waals surface area contributed by atoms with Crippen LogP contribution >= 0.6 is 11.3 Å². The molecule has 0 spiro atoms. The lowest BCUT2D eigenvalue weighted by atomic mass is 9.71. The number of pyridine rings is 1. The summed E-state index contributed by atoms with van der Waals surface area (Å²) in [6.07, 6.45) is 3.17. The number of aryl methyl sites for hydroxylation is 1. The zero-order valence-corrected chi connectivity index (χ0v) is 21.9. The Hall–Kier alpha value is -2.93. The molecule has 1 amide bonds. The molecular weight excluding hydrogens is 456 g/mol. The SMILES string of the molecule is CC(=O)c1ccc(N2CCN(C(=O)c3sc4nc5c(cc4c3N)C[C@@H](C(C)(C)C)CC5)CC2)cc1. The number of benzene rings is 1. The van der Waals surface area contributed by atoms with Crippen LogP contribution in [-0.4, -0.2) is 47.8 Å². The highest BCUT2D eigenvalue weighted by molar-refractivity contribution is 7.21. The maximum absolute atomic E-state index is 13.4. The van der Waals surface area contributed by atoms with Crippen molar-refractivity contribution in [2.45, 2.75) is 47.0 Å². The Bertz CT molecular complexity index is 1280. The molecule has 2 aromatic heterocycles. The number of hydrogen-bond donors (Lipinski definition) is 1. The zero-order chi connectivity index (χ0) is 24.9. The van der Waals surface area contributed by atoms with E-state index >= 15 is 0 Å². The highest BCUT2D eigenvalue weighted by Gasteiger charge is 2.31. The summed E-state index contributed by atoms with van der Waals surface area (Å²) < 4.78 is 0. The Morgan fingerprint density at radius 1 is 1.09 bits per heavy atom. The van der Waals surface area contributed by atoms with Crippen LogP contribution in [-0.2, 0) is 12.8 Å². The zero-order valence-electron chi connectivity index (χ0n) is 21.1. The van der Waals surface area contributed by atoms with E-state index in [-0.39, 0.29) is 17.1 Å². The number of rotatable bonds is 3. The van der Waals surface area contributed by atoms with E-state index in [9.17, 15) is 9.59 Å². The van der Waals surface area contributed by atoms with Crippen LogP contribution < -0.4 is 10.6 Å². The van der Waals surface area contributed by atoms with E-state index < -0.39 is 0 Å². The van der Waals surface area contributed by atoms with Gasteiger partial charge >= 0.3 is 0 Å². The molecule has 2 aliphatic rings. The predicted octanol–water partition coefficient (Wildman–Crippen LogP) is 5.19. The molecule has 0 unspecified atom stereocenters. The quantitative estimate of drug-likeness (QED) is 0.511. The van der Waals surface area contributed by atoms with Gasteiger partial charge < -0.3 is 15.5 Å². The van der Waals surface area contributed by atoms with Gasteiger partial charge in [0, 0.05) is 48.5 Å². The Labute approximate surface area is 211 Å². The molecule has 1 fully saturated rings. The first kappa shape index (κ1) is 23.8. The number of nitrogens with two attached hydrogens (primary N) is 1. The number of nitrogens with zero attached hydrogens (tertiary/aromatic N) is 3. The van der Waals surface area contributed by atoms with Gasteiger partial charge in [-0.25, -0.2) is 4.98 Å². The smallest absolute Gasteiger partial charge is 0.266 e. The summed E-state index contributed by atoms with van der Waals surface area (Å²) in [4.78, 5) is 35.6. The van der Waals surface area contributed by atoms with Gasteiger partial charge in [0.25, 0.3) is 5.91 Å². The van der Waals surface area contributed by atoms with Crippen molar-refractivity contribution in [3.63, 3.8) is 0 Å². The monoisotopic (exact) mass is 490 g/mol. The lowest BCUT2D eigenvalue weighted by molar-refractivity contribution is 0.0752. The van der Waals surface area contributed by atoms with Crippen LogP contribution in [0.2, 0.25) is 0 Å². The summed E-state index contributed by atoms with van der Waals surface area (Å²) in [7, 11) is 0. The fraction of sp³-hybridized carbons (Fsp3) is 0.464. The van der Waals surface area contributed by atoms with E-state index in [2.05, 4.69) is 31.7 Å². The number of amides is 1. The highest BCUT2D eigenvalue weighted by atomic mass is 32.1. The van der Waals surface area contributed by atoms with E-state index in [1.54, 1.807) is 6.92 Å². The third-order valence-electron chi connectivity index (χ3n) is 7.71. The van der Waals surface area contributed by atoms with Crippen LogP contribution in [0, 0.1) is 11.3 Å². The fourth-order valence-electron chi connectivity index (χ4n) is 5.31. The van der Waals surface area contributed by atoms with Crippen molar-refractivity contribution in [3.05, 3.63) is 52.0 Å². The Morgan fingerprint density at radius 2 is 1.77 bits per heavy atom. The number of anilines is 2. The number of hydrogen-bond acceptors (Lipinski definition) is 6. The highest BCUT2D eigenvalue weighted by Crippen LogP contribution is 2.40. The van der Waals surface area contributed by atoms with Crippen LogP contribution in [0.15, 0.2) is 30.3 Å². The van der Waals surface area contributed by atoms with E-state index in [4.69, 9.17) is 10.7 Å². The largest absolute Gasteiger partial charge is 0.397 e. The number of nitrogen functional groups attached to an aromatic ring is 1. The maximum atomic E-state index is 13.4. The van der Waals surface area contributed by atoms with Crippen molar-refractivity contribution in [2.24, 2.45) is 11.3 Å². The van der Waals surface area contributed by atoms with E-state index in [1.807, 2.05) is 29.2 Å². The van der Waals surface area contributed by atoms with Crippen molar-refractivity contribution in [3.8, 4) is 0 Å². The molecule has 1 aliphatic heterocycles. The molecule has 1 saturated heterocycles. The third kappa shape index (κ3) is 4.54. The molecule has 6 nitrogen and oxygen atoms in total. The van der Waals surface area contributed by atoms with Crippen molar-refractivity contribution in [2.75, 3.05) is 36.8 Å². The molecule has 7 heteroatoms. The molecule has 35 heavy (non-hydrogen) atoms. The number of ketones is 1. The lowest BCUT2D eigenvalue weighted by Crippen LogP contribution is -2.48. The number of thiophene rings is 1. The number of carbonyl (C=O) groups excluding carboxylic acids is 2. The minimum absolute atomic E-state index is 0.00242. The normalized spacial score (nSPS) is 18.6. The average Bonchev–Trinajstić information content (AvgIpc) is 3.16. The fourth-order valence-corrected chi connectivity index (χ4v) is 6.37. The maximum Gasteiger partial charge on any atom is 0.266 e. The van der Waals surface area contributed by atoms with Crippen LogP contribution in [0.25, 0.3) is 10.2 Å². The first-order valence-corrected chi connectivity index (χ1v) is 13.3. The standard InChI is InChI=1S/C28H34N4O2S/c1-17(33)18-5-8-21(9-6-18)31-11-13-32(14-12-31)27(34)25-24(29)22-16-19-15-20(28(2,3)4)7-10-23(19)30-26(22)35-25/h5-6,8-9,16,20H,7,10-15,29H2,1-4H3/t20-/m0/s1. The van der Waals surface area contributed by atoms with Crippen molar-refractivity contribution >= 4 is 44.6 Å². The predicted molar refractivity (Wildman–Crippen MR) is 144 cm³/mol. The molecule has 0 radical (unpaired) electrons. The second-order valence-electron chi connectivity index (χ2n) is 11.0. The molecule has 1 aliphatic carbocycles. The van der Waals surface area contributed by atoms with Gasteiger partial charge in [-0.3, -0.25) is 9.59 Å². The van der Waals surface area contributed by atoms with Crippen LogP contribution in [0.4, 0.5) is 11.4 Å². The summed E-state index contributed by atoms with van der Waals surface area (Å²) in [5, 5.41) is 0.927. The number of Topliss-reactive ketones (excluding diaryl/α,β-unsaturated/α-hetero) is 1. The molecule has 0 saturated carbocycles. The minimum Gasteiger partial charge on any atom is -0.397 e. The lowest BCUT2D eigenvalue weighted by Gasteiger charge is -2.36. The first-order chi connectivity index (χ1) is 16.6. The summed E-state index contributed by atoms with van der Waals surface area (Å²) in [6.45, 7) is 11.3. The number of carbonyl (C=O) groups is 2. The first-order valence-electron chi connectivity index (χ1n) is 12.5. The molecule has 1 aromatic carbocycles. The molecular formula is C28H34N4O2S. The molecule has 1 atom stereocenters. The number of piperazine rings is 1. The van der Waals surface area contributed by atoms with Gasteiger partial charge in [-0.1, -0.05) is 20.8 Å². The van der Waals surface area contributed by atoms with Crippen molar-refractivity contribution in [1.82, 2.24) is 9.88 Å². The Balaban J connectivity index is 1.31. The Morgan fingerprint density at radius 3 is 2.40 bits per heavy atom. The van der Waals surface area contributed by atoms with Crippen molar-refractivity contribution in [1.29, 1.82) is 0 Å². The Kier molecular flexibility index (Phi) is 6.08. The van der Waals surface area contributed by atoms with Crippen LogP contribution in [0.5, 0.6) is 0 Å². The van der Waals surface area contributed by atoms with Gasteiger partial charge in [0.2, 0.25) is 0 Å². The van der Waals surface area contributed by atoms with Gasteiger partial charge in [0.05, 0.1) is 5.69 Å². The molecule has 3 aromatic rings. The van der Waals surface area contributed by atoms with Crippen molar-refractivity contribution < 1.29 is 9.59 Å². The second-order valence-corrected chi connectivity index (χ2v) is 12.0. The van der Waals surface area contributed by atoms with Gasteiger partial charge in [-0.2, -0.15) is 0 Å². The number of aromatic nitrogens is 1. The third-order valence-corrected chi connectivity index (χ3v) is 8.81. The average molecular weight is 491 g/mol. The summed E-state index contributed by atoms with van der Waals surface area (Å²) in [6, 6.07) is 9.89. The molecule has 5 rings (SSSR count). The van der Waals surface area contributed by atoms with E-state index in [1.165, 1.54) is 22.6 Å². The summed E-state index contributed by atoms with van der Waals surface area (Å²) >= 11 is 1.43. The van der Waals surface area contributed by atoms with Gasteiger partial charge in [0.15, 0.2) is 5.78 Å². The van der Waals surface area contributed by atoms with E-state index in [0.717, 1.165) is 48.3 Å². The topological polar surface area (TPSA) is 79.5 Å². The van der Waals surface area contributed by atoms with Gasteiger partial charge in [-0.15, -0.1) is 11.3 Å². The summed E-state index contributed by atoms with van der Waals surface area (Å²) in [5.74, 6) is 0.699. The second kappa shape index (κ2) is 8.94. The van der Waals surface area contributed by atoms with E-state index in [0.29, 0.717) is 35.1 Å². The molecule has 3 heterocycles. The van der Waals surface area contributed by atoms with Gasteiger partial charge in [0.1, 0.15) is 9.71 Å². The minimum atomic E-state index is 0.00242. The van der Waals surface area contributed by atoms with Gasteiger partial charge in [-0.05, 0) is 73.4 Å². The molecule has 2 N–H and O–H groups in total. The molecule has 184 valence electrons.